The smallest absolute Gasteiger partial charge is 0.129 e. The van der Waals surface area contributed by atoms with Crippen LogP contribution in [0.3, 0.4) is 0 Å². The Morgan fingerprint density at radius 3 is 2.87 bits per heavy atom. The third-order valence-corrected chi connectivity index (χ3v) is 3.23. The number of alkyl halides is 1. The van der Waals surface area contributed by atoms with Gasteiger partial charge in [-0.1, -0.05) is 24.3 Å². The van der Waals surface area contributed by atoms with Gasteiger partial charge in [-0.15, -0.1) is 0 Å². The van der Waals surface area contributed by atoms with Crippen molar-refractivity contribution in [2.24, 2.45) is 5.92 Å². The molecule has 82 valence electrons. The van der Waals surface area contributed by atoms with Gasteiger partial charge in [-0.25, -0.2) is 4.39 Å². The molecule has 2 rings (SSSR count). The van der Waals surface area contributed by atoms with Crippen molar-refractivity contribution in [2.45, 2.75) is 25.9 Å². The molecule has 1 aromatic carbocycles. The first kappa shape index (κ1) is 10.6. The highest BCUT2D eigenvalue weighted by Crippen LogP contribution is 2.32. The summed E-state index contributed by atoms with van der Waals surface area (Å²) in [6, 6.07) is 7.78. The largest absolute Gasteiger partial charge is 0.316 e. The van der Waals surface area contributed by atoms with Crippen molar-refractivity contribution in [3.63, 3.8) is 0 Å². The second kappa shape index (κ2) is 4.75. The summed E-state index contributed by atoms with van der Waals surface area (Å²) < 4.78 is 14.2. The van der Waals surface area contributed by atoms with Gasteiger partial charge in [0.05, 0.1) is 0 Å². The Kier molecular flexibility index (Phi) is 3.37. The summed E-state index contributed by atoms with van der Waals surface area (Å²) in [5.74, 6) is 0.153. The predicted octanol–water partition coefficient (Wildman–Crippen LogP) is 3.01. The molecule has 0 aromatic heterocycles. The van der Waals surface area contributed by atoms with Gasteiger partial charge >= 0.3 is 0 Å². The molecule has 1 aromatic rings. The molecule has 0 radical (unpaired) electrons. The summed E-state index contributed by atoms with van der Waals surface area (Å²) in [4.78, 5) is 0. The standard InChI is InChI=1S/C13H18FN/c1-10-5-2-3-7-12(10)13(14)11-6-4-8-15-9-11/h2-3,5,7,11,13,15H,4,6,8-9H2,1H3. The molecule has 2 unspecified atom stereocenters. The Morgan fingerprint density at radius 1 is 1.40 bits per heavy atom. The van der Waals surface area contributed by atoms with Crippen molar-refractivity contribution in [3.8, 4) is 0 Å². The van der Waals surface area contributed by atoms with Crippen LogP contribution >= 0.6 is 0 Å². The van der Waals surface area contributed by atoms with Crippen molar-refractivity contribution in [3.05, 3.63) is 35.4 Å². The van der Waals surface area contributed by atoms with Crippen LogP contribution in [0.1, 0.15) is 30.1 Å². The second-order valence-electron chi connectivity index (χ2n) is 4.36. The second-order valence-corrected chi connectivity index (χ2v) is 4.36. The van der Waals surface area contributed by atoms with Crippen LogP contribution < -0.4 is 5.32 Å². The first-order valence-corrected chi connectivity index (χ1v) is 5.69. The number of halogens is 1. The van der Waals surface area contributed by atoms with E-state index in [4.69, 9.17) is 0 Å². The maximum absolute atomic E-state index is 14.2. The highest BCUT2D eigenvalue weighted by Gasteiger charge is 2.25. The average molecular weight is 207 g/mol. The molecule has 0 bridgehead atoms. The van der Waals surface area contributed by atoms with E-state index in [0.29, 0.717) is 0 Å². The van der Waals surface area contributed by atoms with E-state index < -0.39 is 6.17 Å². The predicted molar refractivity (Wildman–Crippen MR) is 60.6 cm³/mol. The lowest BCUT2D eigenvalue weighted by atomic mass is 9.89. The normalized spacial score (nSPS) is 23.7. The highest BCUT2D eigenvalue weighted by atomic mass is 19.1. The van der Waals surface area contributed by atoms with Gasteiger partial charge in [-0.2, -0.15) is 0 Å². The Hall–Kier alpha value is -0.890. The van der Waals surface area contributed by atoms with Crippen molar-refractivity contribution < 1.29 is 4.39 Å². The van der Waals surface area contributed by atoms with E-state index in [1.54, 1.807) is 0 Å². The van der Waals surface area contributed by atoms with E-state index in [2.05, 4.69) is 5.32 Å². The molecule has 2 heteroatoms. The van der Waals surface area contributed by atoms with Gasteiger partial charge in [0.1, 0.15) is 6.17 Å². The van der Waals surface area contributed by atoms with Gasteiger partial charge in [0, 0.05) is 12.5 Å². The van der Waals surface area contributed by atoms with E-state index >= 15 is 0 Å². The fraction of sp³-hybridized carbons (Fsp3) is 0.538. The fourth-order valence-electron chi connectivity index (χ4n) is 2.28. The number of hydrogen-bond donors (Lipinski definition) is 1. The lowest BCUT2D eigenvalue weighted by Crippen LogP contribution is -2.32. The van der Waals surface area contributed by atoms with Gasteiger partial charge in [0.15, 0.2) is 0 Å². The van der Waals surface area contributed by atoms with Crippen LogP contribution in [-0.4, -0.2) is 13.1 Å². The molecule has 1 nitrogen and oxygen atoms in total. The minimum atomic E-state index is -0.806. The quantitative estimate of drug-likeness (QED) is 0.786. The van der Waals surface area contributed by atoms with Crippen LogP contribution in [0.2, 0.25) is 0 Å². The maximum Gasteiger partial charge on any atom is 0.129 e. The van der Waals surface area contributed by atoms with Gasteiger partial charge in [0.2, 0.25) is 0 Å². The molecule has 2 atom stereocenters. The molecule has 1 N–H and O–H groups in total. The van der Waals surface area contributed by atoms with Crippen LogP contribution in [0, 0.1) is 12.8 Å². The first-order chi connectivity index (χ1) is 7.29. The molecular formula is C13H18FN. The van der Waals surface area contributed by atoms with Crippen LogP contribution in [0.4, 0.5) is 4.39 Å². The van der Waals surface area contributed by atoms with E-state index in [1.807, 2.05) is 31.2 Å². The first-order valence-electron chi connectivity index (χ1n) is 5.69. The Balaban J connectivity index is 2.12. The van der Waals surface area contributed by atoms with Crippen LogP contribution in [0.25, 0.3) is 0 Å². The Bertz CT molecular complexity index is 318. The summed E-state index contributed by atoms with van der Waals surface area (Å²) in [6.07, 6.45) is 1.29. The van der Waals surface area contributed by atoms with Gasteiger partial charge < -0.3 is 5.32 Å². The molecule has 1 aliphatic heterocycles. The SMILES string of the molecule is Cc1ccccc1C(F)C1CCCNC1. The lowest BCUT2D eigenvalue weighted by Gasteiger charge is -2.26. The minimum Gasteiger partial charge on any atom is -0.316 e. The third kappa shape index (κ3) is 2.37. The number of nitrogens with one attached hydrogen (secondary N) is 1. The molecule has 0 spiro atoms. The lowest BCUT2D eigenvalue weighted by molar-refractivity contribution is 0.194. The zero-order valence-electron chi connectivity index (χ0n) is 9.17. The zero-order valence-corrected chi connectivity index (χ0v) is 9.17. The van der Waals surface area contributed by atoms with Gasteiger partial charge in [-0.3, -0.25) is 0 Å². The average Bonchev–Trinajstić information content (AvgIpc) is 2.30. The molecule has 0 saturated carbocycles. The molecule has 1 fully saturated rings. The summed E-state index contributed by atoms with van der Waals surface area (Å²) in [7, 11) is 0. The summed E-state index contributed by atoms with van der Waals surface area (Å²) >= 11 is 0. The van der Waals surface area contributed by atoms with Crippen LogP contribution in [0.5, 0.6) is 0 Å². The van der Waals surface area contributed by atoms with Crippen molar-refractivity contribution in [1.29, 1.82) is 0 Å². The minimum absolute atomic E-state index is 0.153. The number of rotatable bonds is 2. The topological polar surface area (TPSA) is 12.0 Å². The van der Waals surface area contributed by atoms with Crippen molar-refractivity contribution in [1.82, 2.24) is 5.32 Å². The molecule has 0 amide bonds. The van der Waals surface area contributed by atoms with Crippen LogP contribution in [0.15, 0.2) is 24.3 Å². The van der Waals surface area contributed by atoms with Gasteiger partial charge in [0.25, 0.3) is 0 Å². The third-order valence-electron chi connectivity index (χ3n) is 3.23. The summed E-state index contributed by atoms with van der Waals surface area (Å²) in [5, 5.41) is 3.26. The number of piperidine rings is 1. The molecule has 1 aliphatic rings. The van der Waals surface area contributed by atoms with E-state index in [9.17, 15) is 4.39 Å². The molecule has 0 aliphatic carbocycles. The molecular weight excluding hydrogens is 189 g/mol. The molecule has 1 saturated heterocycles. The molecule has 15 heavy (non-hydrogen) atoms. The van der Waals surface area contributed by atoms with Crippen LogP contribution in [-0.2, 0) is 0 Å². The summed E-state index contributed by atoms with van der Waals surface area (Å²) in [6.45, 7) is 3.84. The number of aryl methyl sites for hydroxylation is 1. The van der Waals surface area contributed by atoms with E-state index in [0.717, 1.165) is 37.1 Å². The molecule has 1 heterocycles. The highest BCUT2D eigenvalue weighted by molar-refractivity contribution is 5.28. The van der Waals surface area contributed by atoms with Crippen molar-refractivity contribution >= 4 is 0 Å². The Morgan fingerprint density at radius 2 is 2.20 bits per heavy atom. The fourth-order valence-corrected chi connectivity index (χ4v) is 2.28. The van der Waals surface area contributed by atoms with E-state index in [-0.39, 0.29) is 5.92 Å². The monoisotopic (exact) mass is 207 g/mol. The van der Waals surface area contributed by atoms with Crippen molar-refractivity contribution in [2.75, 3.05) is 13.1 Å². The Labute approximate surface area is 90.7 Å². The van der Waals surface area contributed by atoms with Gasteiger partial charge in [-0.05, 0) is 37.4 Å². The zero-order chi connectivity index (χ0) is 10.7. The summed E-state index contributed by atoms with van der Waals surface area (Å²) in [5.41, 5.74) is 1.93. The maximum atomic E-state index is 14.2. The van der Waals surface area contributed by atoms with E-state index in [1.165, 1.54) is 0 Å². The number of hydrogen-bond acceptors (Lipinski definition) is 1. The number of benzene rings is 1.